The summed E-state index contributed by atoms with van der Waals surface area (Å²) in [4.78, 5) is 30.2. The smallest absolute Gasteiger partial charge is 0.335 e. The van der Waals surface area contributed by atoms with Gasteiger partial charge < -0.3 is 4.74 Å². The molecule has 0 fully saturated rings. The molecule has 2 aromatic rings. The van der Waals surface area contributed by atoms with Crippen molar-refractivity contribution in [2.24, 2.45) is 0 Å². The first kappa shape index (κ1) is 15.5. The van der Waals surface area contributed by atoms with Gasteiger partial charge in [-0.2, -0.15) is 18.4 Å². The van der Waals surface area contributed by atoms with Crippen molar-refractivity contribution in [3.8, 4) is 6.01 Å². The first-order valence-electron chi connectivity index (χ1n) is 5.77. The van der Waals surface area contributed by atoms with Crippen LogP contribution < -0.4 is 14.8 Å². The van der Waals surface area contributed by atoms with Gasteiger partial charge in [0.25, 0.3) is 10.0 Å². The highest BCUT2D eigenvalue weighted by molar-refractivity contribution is 7.90. The molecule has 2 rings (SSSR count). The Morgan fingerprint density at radius 3 is 2.59 bits per heavy atom. The minimum atomic E-state index is -4.16. The molecule has 0 aliphatic rings. The summed E-state index contributed by atoms with van der Waals surface area (Å²) in [6.07, 6.45) is 3.64. The average Bonchev–Trinajstić information content (AvgIpc) is 2.47. The first-order valence-corrected chi connectivity index (χ1v) is 7.25. The Morgan fingerprint density at radius 2 is 1.91 bits per heavy atom. The van der Waals surface area contributed by atoms with Gasteiger partial charge in [0.2, 0.25) is 5.95 Å². The molecule has 2 aromatic heterocycles. The van der Waals surface area contributed by atoms with Gasteiger partial charge in [-0.15, -0.1) is 0 Å². The molecule has 0 radical (unpaired) electrons. The topological polar surface area (TPSA) is 149 Å². The van der Waals surface area contributed by atoms with Gasteiger partial charge in [-0.3, -0.25) is 10.3 Å². The third kappa shape index (κ3) is 3.60. The summed E-state index contributed by atoms with van der Waals surface area (Å²) in [6, 6.07) is -1.09. The first-order chi connectivity index (χ1) is 10.4. The number of methoxy groups -OCH3 is 1. The maximum Gasteiger partial charge on any atom is 0.335 e. The molecule has 0 atom stereocenters. The van der Waals surface area contributed by atoms with Crippen LogP contribution in [-0.4, -0.2) is 46.5 Å². The Kier molecular flexibility index (Phi) is 4.41. The molecule has 12 heteroatoms. The van der Waals surface area contributed by atoms with Crippen LogP contribution in [-0.2, 0) is 10.0 Å². The second-order valence-corrected chi connectivity index (χ2v) is 5.40. The van der Waals surface area contributed by atoms with Crippen LogP contribution >= 0.6 is 0 Å². The highest BCUT2D eigenvalue weighted by Gasteiger charge is 2.22. The third-order valence-electron chi connectivity index (χ3n) is 2.28. The van der Waals surface area contributed by atoms with E-state index in [1.165, 1.54) is 26.4 Å². The van der Waals surface area contributed by atoms with Crippen molar-refractivity contribution in [1.82, 2.24) is 29.6 Å². The van der Waals surface area contributed by atoms with Gasteiger partial charge in [0.1, 0.15) is 6.33 Å². The Labute approximate surface area is 125 Å². The SMILES string of the molecule is COc1ncnc(NC(=O)NS(=O)(=O)c2nccnc2C)n1. The number of hydrogen-bond donors (Lipinski definition) is 2. The van der Waals surface area contributed by atoms with E-state index in [4.69, 9.17) is 4.74 Å². The molecule has 0 spiro atoms. The van der Waals surface area contributed by atoms with E-state index in [9.17, 15) is 13.2 Å². The van der Waals surface area contributed by atoms with Crippen LogP contribution in [0.1, 0.15) is 5.69 Å². The molecule has 2 N–H and O–H groups in total. The Balaban J connectivity index is 2.13. The minimum absolute atomic E-state index is 0.0297. The molecule has 0 unspecified atom stereocenters. The quantitative estimate of drug-likeness (QED) is 0.757. The lowest BCUT2D eigenvalue weighted by Gasteiger charge is -2.08. The van der Waals surface area contributed by atoms with Crippen LogP contribution in [0.4, 0.5) is 10.7 Å². The number of aromatic nitrogens is 5. The van der Waals surface area contributed by atoms with E-state index in [0.29, 0.717) is 0 Å². The molecule has 0 bridgehead atoms. The normalized spacial score (nSPS) is 10.8. The highest BCUT2D eigenvalue weighted by atomic mass is 32.2. The number of amides is 2. The molecule has 11 nitrogen and oxygen atoms in total. The van der Waals surface area contributed by atoms with Gasteiger partial charge in [0.15, 0.2) is 5.03 Å². The summed E-state index contributed by atoms with van der Waals surface area (Å²) in [5.74, 6) is -0.171. The lowest BCUT2D eigenvalue weighted by atomic mass is 10.5. The van der Waals surface area contributed by atoms with E-state index in [1.807, 2.05) is 0 Å². The number of nitrogens with one attached hydrogen (secondary N) is 2. The maximum atomic E-state index is 12.0. The predicted molar refractivity (Wildman–Crippen MR) is 72.5 cm³/mol. The number of nitrogens with zero attached hydrogens (tertiary/aromatic N) is 5. The lowest BCUT2D eigenvalue weighted by Crippen LogP contribution is -2.35. The fraction of sp³-hybridized carbons (Fsp3) is 0.200. The summed E-state index contributed by atoms with van der Waals surface area (Å²) in [7, 11) is -2.83. The van der Waals surface area contributed by atoms with Crippen LogP contribution in [0.15, 0.2) is 23.7 Å². The molecule has 116 valence electrons. The van der Waals surface area contributed by atoms with Crippen molar-refractivity contribution < 1.29 is 17.9 Å². The Morgan fingerprint density at radius 1 is 1.18 bits per heavy atom. The van der Waals surface area contributed by atoms with Crippen molar-refractivity contribution in [2.45, 2.75) is 11.9 Å². The van der Waals surface area contributed by atoms with E-state index in [0.717, 1.165) is 6.33 Å². The fourth-order valence-corrected chi connectivity index (χ4v) is 2.43. The molecule has 22 heavy (non-hydrogen) atoms. The molecule has 2 amide bonds. The largest absolute Gasteiger partial charge is 0.467 e. The van der Waals surface area contributed by atoms with Crippen LogP contribution in [0.5, 0.6) is 6.01 Å². The second kappa shape index (κ2) is 6.26. The second-order valence-electron chi connectivity index (χ2n) is 3.80. The van der Waals surface area contributed by atoms with Gasteiger partial charge in [-0.05, 0) is 6.92 Å². The molecule has 0 aromatic carbocycles. The van der Waals surface area contributed by atoms with Gasteiger partial charge in [0, 0.05) is 12.4 Å². The molecule has 0 saturated carbocycles. The van der Waals surface area contributed by atoms with Gasteiger partial charge in [-0.1, -0.05) is 0 Å². The number of sulfonamides is 1. The zero-order valence-corrected chi connectivity index (χ0v) is 12.3. The van der Waals surface area contributed by atoms with Crippen LogP contribution in [0.25, 0.3) is 0 Å². The van der Waals surface area contributed by atoms with E-state index < -0.39 is 16.1 Å². The van der Waals surface area contributed by atoms with Gasteiger partial charge in [0.05, 0.1) is 12.8 Å². The number of ether oxygens (including phenoxy) is 1. The number of carbonyl (C=O) groups is 1. The van der Waals surface area contributed by atoms with Crippen molar-refractivity contribution in [3.63, 3.8) is 0 Å². The number of rotatable bonds is 4. The Bertz CT molecular complexity index is 795. The van der Waals surface area contributed by atoms with E-state index in [1.54, 1.807) is 4.72 Å². The molecule has 0 aliphatic carbocycles. The maximum absolute atomic E-state index is 12.0. The van der Waals surface area contributed by atoms with Crippen LogP contribution in [0.2, 0.25) is 0 Å². The molecule has 0 aliphatic heterocycles. The number of urea groups is 1. The predicted octanol–water partition coefficient (Wildman–Crippen LogP) is -0.511. The molecule has 2 heterocycles. The van der Waals surface area contributed by atoms with Crippen LogP contribution in [0.3, 0.4) is 0 Å². The fourth-order valence-electron chi connectivity index (χ4n) is 1.40. The van der Waals surface area contributed by atoms with Crippen molar-refractivity contribution in [2.75, 3.05) is 12.4 Å². The zero-order valence-electron chi connectivity index (χ0n) is 11.5. The summed E-state index contributed by atoms with van der Waals surface area (Å²) in [6.45, 7) is 1.45. The minimum Gasteiger partial charge on any atom is -0.467 e. The summed E-state index contributed by atoms with van der Waals surface area (Å²) < 4.78 is 30.6. The van der Waals surface area contributed by atoms with Gasteiger partial charge in [-0.25, -0.2) is 19.5 Å². The lowest BCUT2D eigenvalue weighted by molar-refractivity contribution is 0.256. The zero-order chi connectivity index (χ0) is 16.2. The molecular weight excluding hydrogens is 314 g/mol. The standard InChI is InChI=1S/C10H11N7O4S/c1-6-7(12-4-3-11-6)22(19,20)17-9(18)15-8-13-5-14-10(16-8)21-2/h3-5H,1-2H3,(H2,13,14,15,16,17,18). The van der Waals surface area contributed by atoms with Crippen molar-refractivity contribution in [3.05, 3.63) is 24.4 Å². The number of carbonyl (C=O) groups excluding carboxylic acids is 1. The van der Waals surface area contributed by atoms with Crippen molar-refractivity contribution >= 4 is 22.0 Å². The summed E-state index contributed by atoms with van der Waals surface area (Å²) in [5, 5.41) is 1.79. The van der Waals surface area contributed by atoms with Crippen LogP contribution in [0, 0.1) is 6.92 Å². The third-order valence-corrected chi connectivity index (χ3v) is 3.64. The van der Waals surface area contributed by atoms with Gasteiger partial charge >= 0.3 is 12.0 Å². The van der Waals surface area contributed by atoms with Crippen molar-refractivity contribution in [1.29, 1.82) is 0 Å². The number of anilines is 1. The monoisotopic (exact) mass is 325 g/mol. The summed E-state index contributed by atoms with van der Waals surface area (Å²) in [5.41, 5.74) is 0.157. The van der Waals surface area contributed by atoms with E-state index in [2.05, 4.69) is 30.2 Å². The van der Waals surface area contributed by atoms with E-state index >= 15 is 0 Å². The number of hydrogen-bond acceptors (Lipinski definition) is 9. The van der Waals surface area contributed by atoms with E-state index in [-0.39, 0.29) is 22.7 Å². The highest BCUT2D eigenvalue weighted by Crippen LogP contribution is 2.08. The summed E-state index contributed by atoms with van der Waals surface area (Å²) >= 11 is 0. The molecule has 0 saturated heterocycles. The number of aryl methyl sites for hydroxylation is 1. The average molecular weight is 325 g/mol. The molecular formula is C10H11N7O4S. The Hall–Kier alpha value is -2.89.